The molecule has 0 aliphatic carbocycles. The molecule has 1 unspecified atom stereocenters. The second-order valence-electron chi connectivity index (χ2n) is 7.93. The van der Waals surface area contributed by atoms with E-state index >= 15 is 0 Å². The van der Waals surface area contributed by atoms with Crippen LogP contribution in [0.5, 0.6) is 5.88 Å². The number of thiazole rings is 1. The monoisotopic (exact) mass is 530 g/mol. The van der Waals surface area contributed by atoms with Gasteiger partial charge >= 0.3 is 0 Å². The van der Waals surface area contributed by atoms with Gasteiger partial charge in [0.15, 0.2) is 5.01 Å². The number of carbonyl (C=O) groups excluding carboxylic acids is 1. The molecule has 5 heterocycles. The number of likely N-dealkylation sites (tertiary alicyclic amines) is 1. The Bertz CT molecular complexity index is 1140. The lowest BCUT2D eigenvalue weighted by Crippen LogP contribution is -2.44. The van der Waals surface area contributed by atoms with Crippen LogP contribution in [0.15, 0.2) is 41.4 Å². The van der Waals surface area contributed by atoms with Gasteiger partial charge in [0.05, 0.1) is 48.3 Å². The van der Waals surface area contributed by atoms with E-state index in [1.165, 1.54) is 11.3 Å². The lowest BCUT2D eigenvalue weighted by Gasteiger charge is -2.30. The topological polar surface area (TPSA) is 102 Å². The first-order valence-corrected chi connectivity index (χ1v) is 12.4. The average Bonchev–Trinajstić information content (AvgIpc) is 3.56. The molecule has 3 aromatic heterocycles. The van der Waals surface area contributed by atoms with Gasteiger partial charge in [-0.1, -0.05) is 15.9 Å². The summed E-state index contributed by atoms with van der Waals surface area (Å²) in [5.74, 6) is 0.201. The number of nitrogens with zero attached hydrogens (tertiary/aromatic N) is 5. The maximum absolute atomic E-state index is 13.2. The molecule has 2 aliphatic heterocycles. The number of fused-ring (bicyclic) bond motifs is 2. The van der Waals surface area contributed by atoms with E-state index in [0.29, 0.717) is 35.8 Å². The Hall–Kier alpha value is -2.47. The van der Waals surface area contributed by atoms with Crippen molar-refractivity contribution in [1.82, 2.24) is 30.2 Å². The molecule has 2 bridgehead atoms. The molecule has 33 heavy (non-hydrogen) atoms. The molecule has 3 atom stereocenters. The van der Waals surface area contributed by atoms with Crippen molar-refractivity contribution < 1.29 is 14.3 Å². The van der Waals surface area contributed by atoms with Gasteiger partial charge in [0.2, 0.25) is 5.88 Å². The number of morpholine rings is 1. The third kappa shape index (κ3) is 5.06. The Morgan fingerprint density at radius 2 is 2.30 bits per heavy atom. The zero-order chi connectivity index (χ0) is 22.8. The Morgan fingerprint density at radius 1 is 1.39 bits per heavy atom. The summed E-state index contributed by atoms with van der Waals surface area (Å²) in [5.41, 5.74) is 1.42. The van der Waals surface area contributed by atoms with Crippen molar-refractivity contribution in [2.45, 2.75) is 31.5 Å². The molecule has 1 N–H and O–H groups in total. The van der Waals surface area contributed by atoms with Gasteiger partial charge in [-0.2, -0.15) is 0 Å². The molecule has 3 aromatic rings. The van der Waals surface area contributed by atoms with Crippen LogP contribution in [0.3, 0.4) is 0 Å². The first-order valence-electron chi connectivity index (χ1n) is 10.8. The molecule has 0 saturated carbocycles. The van der Waals surface area contributed by atoms with Crippen molar-refractivity contribution in [2.24, 2.45) is 0 Å². The maximum atomic E-state index is 13.2. The Morgan fingerprint density at radius 3 is 3.06 bits per heavy atom. The highest BCUT2D eigenvalue weighted by Gasteiger charge is 2.40. The standard InChI is InChI=1S/C22H23BrN6O3S/c1-2-31-20-9-24-7-17(27-20)19-8-26-22(33-19)21(30)28-18(16-5-13(23)3-4-25-16)11-29-10-15-6-14(29)12-32-15/h3-5,7-9,14-15,18H,2,6,10-12H2,1H3,(H,28,30)/t14-,15-,18?/m0/s1. The van der Waals surface area contributed by atoms with Gasteiger partial charge in [-0.3, -0.25) is 19.7 Å². The van der Waals surface area contributed by atoms with E-state index in [4.69, 9.17) is 9.47 Å². The molecular formula is C22H23BrN6O3S. The Kier molecular flexibility index (Phi) is 6.63. The van der Waals surface area contributed by atoms with Gasteiger partial charge in [-0.15, -0.1) is 11.3 Å². The van der Waals surface area contributed by atoms with Crippen molar-refractivity contribution in [2.75, 3.05) is 26.3 Å². The highest BCUT2D eigenvalue weighted by atomic mass is 79.9. The fourth-order valence-electron chi connectivity index (χ4n) is 4.16. The van der Waals surface area contributed by atoms with Crippen LogP contribution in [0, 0.1) is 0 Å². The molecule has 172 valence electrons. The molecule has 0 radical (unpaired) electrons. The zero-order valence-electron chi connectivity index (χ0n) is 18.0. The summed E-state index contributed by atoms with van der Waals surface area (Å²) < 4.78 is 12.1. The molecule has 0 spiro atoms. The average molecular weight is 531 g/mol. The zero-order valence-corrected chi connectivity index (χ0v) is 20.4. The highest BCUT2D eigenvalue weighted by molar-refractivity contribution is 9.10. The molecule has 9 nitrogen and oxygen atoms in total. The predicted molar refractivity (Wildman–Crippen MR) is 126 cm³/mol. The van der Waals surface area contributed by atoms with E-state index < -0.39 is 0 Å². The van der Waals surface area contributed by atoms with E-state index in [9.17, 15) is 4.79 Å². The van der Waals surface area contributed by atoms with Crippen LogP contribution in [0.4, 0.5) is 0 Å². The summed E-state index contributed by atoms with van der Waals surface area (Å²) in [6.07, 6.45) is 7.91. The molecular weight excluding hydrogens is 508 g/mol. The van der Waals surface area contributed by atoms with E-state index in [-0.39, 0.29) is 18.1 Å². The van der Waals surface area contributed by atoms with Gasteiger partial charge in [0, 0.05) is 36.0 Å². The van der Waals surface area contributed by atoms with Crippen molar-refractivity contribution in [1.29, 1.82) is 0 Å². The number of hydrogen-bond donors (Lipinski definition) is 1. The van der Waals surface area contributed by atoms with Gasteiger partial charge in [0.1, 0.15) is 5.69 Å². The van der Waals surface area contributed by atoms with Crippen LogP contribution in [0.2, 0.25) is 0 Å². The number of pyridine rings is 1. The minimum absolute atomic E-state index is 0.243. The molecule has 5 rings (SSSR count). The molecule has 2 fully saturated rings. The maximum Gasteiger partial charge on any atom is 0.280 e. The van der Waals surface area contributed by atoms with Crippen LogP contribution in [0.25, 0.3) is 10.6 Å². The largest absolute Gasteiger partial charge is 0.477 e. The van der Waals surface area contributed by atoms with E-state index in [1.54, 1.807) is 24.8 Å². The first-order chi connectivity index (χ1) is 16.1. The van der Waals surface area contributed by atoms with Crippen LogP contribution >= 0.6 is 27.3 Å². The third-order valence-electron chi connectivity index (χ3n) is 5.69. The van der Waals surface area contributed by atoms with E-state index in [0.717, 1.165) is 34.6 Å². The van der Waals surface area contributed by atoms with Crippen LogP contribution in [0.1, 0.15) is 34.9 Å². The van der Waals surface area contributed by atoms with Crippen molar-refractivity contribution >= 4 is 33.2 Å². The number of aromatic nitrogens is 4. The second kappa shape index (κ2) is 9.80. The first kappa shape index (κ1) is 22.3. The summed E-state index contributed by atoms with van der Waals surface area (Å²) >= 11 is 4.78. The Balaban J connectivity index is 1.34. The van der Waals surface area contributed by atoms with Gasteiger partial charge in [-0.05, 0) is 25.5 Å². The fourth-order valence-corrected chi connectivity index (χ4v) is 5.29. The molecule has 2 saturated heterocycles. The normalized spacial score (nSPS) is 20.7. The van der Waals surface area contributed by atoms with Gasteiger partial charge in [0.25, 0.3) is 5.91 Å². The summed E-state index contributed by atoms with van der Waals surface area (Å²) in [4.78, 5) is 33.7. The van der Waals surface area contributed by atoms with E-state index in [1.807, 2.05) is 19.1 Å². The number of hydrogen-bond acceptors (Lipinski definition) is 9. The minimum Gasteiger partial charge on any atom is -0.477 e. The lowest BCUT2D eigenvalue weighted by molar-refractivity contribution is 0.0265. The van der Waals surface area contributed by atoms with E-state index in [2.05, 4.69) is 46.1 Å². The lowest BCUT2D eigenvalue weighted by atomic mass is 10.1. The number of amides is 1. The van der Waals surface area contributed by atoms with Crippen LogP contribution < -0.4 is 10.1 Å². The summed E-state index contributed by atoms with van der Waals surface area (Å²) in [7, 11) is 0. The van der Waals surface area contributed by atoms with Gasteiger partial charge < -0.3 is 14.8 Å². The van der Waals surface area contributed by atoms with Gasteiger partial charge in [-0.25, -0.2) is 9.97 Å². The SMILES string of the molecule is CCOc1cncc(-c2cnc(C(=O)NC(CN3C[C@@H]4C[C@H]3CO4)c3cc(Br)ccn3)s2)n1. The molecule has 2 aliphatic rings. The van der Waals surface area contributed by atoms with Crippen molar-refractivity contribution in [3.8, 4) is 16.5 Å². The van der Waals surface area contributed by atoms with Crippen LogP contribution in [-0.4, -0.2) is 69.2 Å². The summed E-state index contributed by atoms with van der Waals surface area (Å²) in [5, 5.41) is 3.50. The molecule has 11 heteroatoms. The Labute approximate surface area is 203 Å². The number of halogens is 1. The third-order valence-corrected chi connectivity index (χ3v) is 7.21. The molecule has 0 aromatic carbocycles. The number of nitrogens with one attached hydrogen (secondary N) is 1. The summed E-state index contributed by atoms with van der Waals surface area (Å²) in [6, 6.07) is 3.93. The predicted octanol–water partition coefficient (Wildman–Crippen LogP) is 3.10. The number of ether oxygens (including phenoxy) is 2. The fraction of sp³-hybridized carbons (Fsp3) is 0.409. The van der Waals surface area contributed by atoms with Crippen molar-refractivity contribution in [3.63, 3.8) is 0 Å². The quantitative estimate of drug-likeness (QED) is 0.473. The second-order valence-corrected chi connectivity index (χ2v) is 9.88. The minimum atomic E-state index is -0.275. The van der Waals surface area contributed by atoms with Crippen molar-refractivity contribution in [3.05, 3.63) is 52.1 Å². The van der Waals surface area contributed by atoms with Crippen LogP contribution in [-0.2, 0) is 4.74 Å². The summed E-state index contributed by atoms with van der Waals surface area (Å²) in [6.45, 7) is 4.68. The number of rotatable bonds is 8. The smallest absolute Gasteiger partial charge is 0.280 e. The number of carbonyl (C=O) groups is 1. The molecule has 1 amide bonds. The highest BCUT2D eigenvalue weighted by Crippen LogP contribution is 2.30.